The third-order valence-corrected chi connectivity index (χ3v) is 3.12. The van der Waals surface area contributed by atoms with Crippen molar-refractivity contribution in [3.05, 3.63) is 0 Å². The summed E-state index contributed by atoms with van der Waals surface area (Å²) in [6, 6.07) is -0.626. The number of hydrogen-bond acceptors (Lipinski definition) is 5. The number of esters is 1. The van der Waals surface area contributed by atoms with E-state index in [-0.39, 0.29) is 11.9 Å². The molecule has 1 amide bonds. The second-order valence-electron chi connectivity index (χ2n) is 4.99. The van der Waals surface area contributed by atoms with Gasteiger partial charge in [0.15, 0.2) is 0 Å². The number of amides is 1. The zero-order chi connectivity index (χ0) is 15.4. The van der Waals surface area contributed by atoms with Crippen LogP contribution in [0.2, 0.25) is 0 Å². The summed E-state index contributed by atoms with van der Waals surface area (Å²) >= 11 is 1.62. The second-order valence-corrected chi connectivity index (χ2v) is 5.98. The zero-order valence-corrected chi connectivity index (χ0v) is 13.8. The number of thioether (sulfide) groups is 1. The average Bonchev–Trinajstić information content (AvgIpc) is 2.41. The number of nitrogens with one attached hydrogen (secondary N) is 1. The van der Waals surface area contributed by atoms with Gasteiger partial charge < -0.3 is 14.8 Å². The van der Waals surface area contributed by atoms with Gasteiger partial charge in [0.05, 0.1) is 13.2 Å². The standard InChI is InChI=1S/C14H27NO4S/c1-5-6-8-18-13(16)12(7-9-20-4)15-14(17)19-10-11(2)3/h11-12H,5-10H2,1-4H3,(H,15,17)/t12-/m0/s1. The van der Waals surface area contributed by atoms with Crippen LogP contribution in [0.25, 0.3) is 0 Å². The number of unbranched alkanes of at least 4 members (excludes halogenated alkanes) is 1. The Labute approximate surface area is 126 Å². The summed E-state index contributed by atoms with van der Waals surface area (Å²) in [6.45, 7) is 6.68. The summed E-state index contributed by atoms with van der Waals surface area (Å²) in [5.74, 6) is 0.661. The molecule has 0 heterocycles. The molecule has 0 aliphatic heterocycles. The normalized spacial score (nSPS) is 12.1. The van der Waals surface area contributed by atoms with Crippen molar-refractivity contribution in [1.29, 1.82) is 0 Å². The minimum Gasteiger partial charge on any atom is -0.464 e. The number of ether oxygens (including phenoxy) is 2. The van der Waals surface area contributed by atoms with E-state index >= 15 is 0 Å². The number of hydrogen-bond donors (Lipinski definition) is 1. The quantitative estimate of drug-likeness (QED) is 0.496. The first-order valence-corrected chi connectivity index (χ1v) is 8.49. The predicted octanol–water partition coefficient (Wildman–Crippen LogP) is 2.83. The van der Waals surface area contributed by atoms with E-state index in [4.69, 9.17) is 9.47 Å². The molecule has 1 N–H and O–H groups in total. The fourth-order valence-electron chi connectivity index (χ4n) is 1.33. The van der Waals surface area contributed by atoms with E-state index in [2.05, 4.69) is 5.32 Å². The van der Waals surface area contributed by atoms with Crippen LogP contribution in [0, 0.1) is 5.92 Å². The van der Waals surface area contributed by atoms with Crippen molar-refractivity contribution < 1.29 is 19.1 Å². The molecule has 1 atom stereocenters. The Balaban J connectivity index is 4.24. The smallest absolute Gasteiger partial charge is 0.407 e. The van der Waals surface area contributed by atoms with E-state index in [1.807, 2.05) is 27.0 Å². The maximum absolute atomic E-state index is 11.9. The molecule has 0 aromatic rings. The third-order valence-electron chi connectivity index (χ3n) is 2.48. The Morgan fingerprint density at radius 3 is 2.50 bits per heavy atom. The fraction of sp³-hybridized carbons (Fsp3) is 0.857. The molecule has 0 saturated heterocycles. The van der Waals surface area contributed by atoms with Crippen LogP contribution in [0.1, 0.15) is 40.0 Å². The van der Waals surface area contributed by atoms with Crippen LogP contribution < -0.4 is 5.32 Å². The minimum atomic E-state index is -0.626. The predicted molar refractivity (Wildman–Crippen MR) is 82.0 cm³/mol. The minimum absolute atomic E-state index is 0.266. The Kier molecular flexibility index (Phi) is 11.3. The van der Waals surface area contributed by atoms with E-state index < -0.39 is 12.1 Å². The summed E-state index contributed by atoms with van der Waals surface area (Å²) in [5.41, 5.74) is 0. The van der Waals surface area contributed by atoms with Crippen LogP contribution in [0.5, 0.6) is 0 Å². The molecule has 0 bridgehead atoms. The lowest BCUT2D eigenvalue weighted by molar-refractivity contribution is -0.146. The lowest BCUT2D eigenvalue weighted by Gasteiger charge is -2.17. The van der Waals surface area contributed by atoms with E-state index in [0.29, 0.717) is 19.6 Å². The van der Waals surface area contributed by atoms with Crippen LogP contribution in [-0.4, -0.2) is 43.3 Å². The van der Waals surface area contributed by atoms with Gasteiger partial charge in [-0.05, 0) is 30.8 Å². The van der Waals surface area contributed by atoms with Gasteiger partial charge in [0.2, 0.25) is 0 Å². The van der Waals surface area contributed by atoms with Gasteiger partial charge in [-0.2, -0.15) is 11.8 Å². The molecule has 118 valence electrons. The van der Waals surface area contributed by atoms with Gasteiger partial charge in [0.1, 0.15) is 6.04 Å². The Bertz CT molecular complexity index is 284. The van der Waals surface area contributed by atoms with Crippen molar-refractivity contribution in [2.75, 3.05) is 25.2 Å². The van der Waals surface area contributed by atoms with Gasteiger partial charge in [-0.15, -0.1) is 0 Å². The average molecular weight is 305 g/mol. The van der Waals surface area contributed by atoms with Crippen molar-refractivity contribution in [3.8, 4) is 0 Å². The maximum Gasteiger partial charge on any atom is 0.407 e. The van der Waals surface area contributed by atoms with Gasteiger partial charge in [0.25, 0.3) is 0 Å². The fourth-order valence-corrected chi connectivity index (χ4v) is 1.80. The number of rotatable bonds is 10. The van der Waals surface area contributed by atoms with Crippen molar-refractivity contribution in [2.24, 2.45) is 5.92 Å². The highest BCUT2D eigenvalue weighted by molar-refractivity contribution is 7.98. The van der Waals surface area contributed by atoms with E-state index in [1.54, 1.807) is 11.8 Å². The molecular formula is C14H27NO4S. The number of alkyl carbamates (subject to hydrolysis) is 1. The molecule has 20 heavy (non-hydrogen) atoms. The van der Waals surface area contributed by atoms with Crippen LogP contribution in [0.15, 0.2) is 0 Å². The van der Waals surface area contributed by atoms with Crippen LogP contribution >= 0.6 is 11.8 Å². The highest BCUT2D eigenvalue weighted by atomic mass is 32.2. The van der Waals surface area contributed by atoms with Crippen molar-refractivity contribution >= 4 is 23.8 Å². The summed E-state index contributed by atoms with van der Waals surface area (Å²) in [6.07, 6.45) is 3.74. The molecule has 6 heteroatoms. The van der Waals surface area contributed by atoms with Gasteiger partial charge in [-0.25, -0.2) is 9.59 Å². The summed E-state index contributed by atoms with van der Waals surface area (Å²) in [4.78, 5) is 23.5. The molecular weight excluding hydrogens is 278 g/mol. The van der Waals surface area contributed by atoms with Crippen LogP contribution in [-0.2, 0) is 14.3 Å². The van der Waals surface area contributed by atoms with Gasteiger partial charge in [-0.3, -0.25) is 0 Å². The van der Waals surface area contributed by atoms with Gasteiger partial charge in [0, 0.05) is 0 Å². The molecule has 0 fully saturated rings. The highest BCUT2D eigenvalue weighted by Crippen LogP contribution is 2.04. The molecule has 0 aliphatic rings. The molecule has 0 radical (unpaired) electrons. The van der Waals surface area contributed by atoms with Crippen LogP contribution in [0.4, 0.5) is 4.79 Å². The summed E-state index contributed by atoms with van der Waals surface area (Å²) in [5, 5.41) is 2.58. The largest absolute Gasteiger partial charge is 0.464 e. The van der Waals surface area contributed by atoms with Crippen LogP contribution in [0.3, 0.4) is 0 Å². The number of carbonyl (C=O) groups excluding carboxylic acids is 2. The first kappa shape index (κ1) is 19.1. The lowest BCUT2D eigenvalue weighted by Crippen LogP contribution is -2.43. The van der Waals surface area contributed by atoms with E-state index in [0.717, 1.165) is 18.6 Å². The molecule has 0 aromatic carbocycles. The molecule has 0 rings (SSSR count). The molecule has 0 aromatic heterocycles. The molecule has 5 nitrogen and oxygen atoms in total. The monoisotopic (exact) mass is 305 g/mol. The SMILES string of the molecule is CCCCOC(=O)[C@H](CCSC)NC(=O)OCC(C)C. The van der Waals surface area contributed by atoms with E-state index in [9.17, 15) is 9.59 Å². The Hall–Kier alpha value is -0.910. The lowest BCUT2D eigenvalue weighted by atomic mass is 10.2. The molecule has 0 unspecified atom stereocenters. The van der Waals surface area contributed by atoms with Gasteiger partial charge >= 0.3 is 12.1 Å². The molecule has 0 aliphatic carbocycles. The zero-order valence-electron chi connectivity index (χ0n) is 12.9. The van der Waals surface area contributed by atoms with Crippen molar-refractivity contribution in [2.45, 2.75) is 46.1 Å². The Morgan fingerprint density at radius 1 is 1.25 bits per heavy atom. The number of carbonyl (C=O) groups is 2. The summed E-state index contributed by atoms with van der Waals surface area (Å²) < 4.78 is 10.2. The van der Waals surface area contributed by atoms with Crippen molar-refractivity contribution in [3.63, 3.8) is 0 Å². The third kappa shape index (κ3) is 9.95. The molecule has 0 spiro atoms. The molecule has 0 saturated carbocycles. The van der Waals surface area contributed by atoms with Gasteiger partial charge in [-0.1, -0.05) is 27.2 Å². The second kappa shape index (κ2) is 11.9. The van der Waals surface area contributed by atoms with E-state index in [1.165, 1.54) is 0 Å². The highest BCUT2D eigenvalue weighted by Gasteiger charge is 2.22. The maximum atomic E-state index is 11.9. The topological polar surface area (TPSA) is 64.6 Å². The van der Waals surface area contributed by atoms with Crippen molar-refractivity contribution in [1.82, 2.24) is 5.32 Å². The first-order valence-electron chi connectivity index (χ1n) is 7.10. The first-order chi connectivity index (χ1) is 9.51. The summed E-state index contributed by atoms with van der Waals surface area (Å²) in [7, 11) is 0. The Morgan fingerprint density at radius 2 is 1.95 bits per heavy atom.